The number of phenols is 1. The van der Waals surface area contributed by atoms with E-state index in [4.69, 9.17) is 10.5 Å². The number of benzene rings is 2. The van der Waals surface area contributed by atoms with Crippen LogP contribution in [0.15, 0.2) is 48.5 Å². The number of hydrogen-bond donors (Lipinski definition) is 1. The van der Waals surface area contributed by atoms with E-state index in [9.17, 15) is 14.7 Å². The summed E-state index contributed by atoms with van der Waals surface area (Å²) in [7, 11) is 0. The predicted molar refractivity (Wildman–Crippen MR) is 77.9 cm³/mol. The van der Waals surface area contributed by atoms with Crippen LogP contribution in [0.2, 0.25) is 0 Å². The second-order valence-electron chi connectivity index (χ2n) is 4.36. The molecule has 0 aromatic heterocycles. The van der Waals surface area contributed by atoms with Crippen LogP contribution in [0.25, 0.3) is 0 Å². The first kappa shape index (κ1) is 15.4. The highest BCUT2D eigenvalue weighted by atomic mass is 16.6. The van der Waals surface area contributed by atoms with E-state index in [2.05, 4.69) is 4.74 Å². The Bertz CT molecular complexity index is 669. The summed E-state index contributed by atoms with van der Waals surface area (Å²) in [6.45, 7) is -0.0101. The monoisotopic (exact) mass is 300 g/mol. The average molecular weight is 300 g/mol. The molecule has 2 rings (SSSR count). The molecular weight excluding hydrogens is 286 g/mol. The molecule has 6 heteroatoms. The van der Waals surface area contributed by atoms with Crippen LogP contribution in [0.3, 0.4) is 0 Å². The summed E-state index contributed by atoms with van der Waals surface area (Å²) in [6.07, 6.45) is -1.13. The van der Waals surface area contributed by atoms with Gasteiger partial charge in [0.15, 0.2) is 5.78 Å². The highest BCUT2D eigenvalue weighted by Crippen LogP contribution is 2.25. The van der Waals surface area contributed by atoms with Gasteiger partial charge >= 0.3 is 6.09 Å². The third kappa shape index (κ3) is 3.99. The van der Waals surface area contributed by atoms with Crippen LogP contribution in [0.5, 0.6) is 11.5 Å². The zero-order chi connectivity index (χ0) is 15.9. The van der Waals surface area contributed by atoms with Gasteiger partial charge in [0.2, 0.25) is 0 Å². The number of amides is 1. The van der Waals surface area contributed by atoms with Crippen LogP contribution < -0.4 is 10.5 Å². The van der Waals surface area contributed by atoms with Gasteiger partial charge in [0.25, 0.3) is 0 Å². The standard InChI is InChI=1S/C16H14NO5/c17-16(20)22-9-8-21-12-6-7-13(14(18)10-12)15(19)11-4-2-1-3-5-11/h1-7,10,17-18H,8-9H2. The maximum Gasteiger partial charge on any atom is 0.426 e. The van der Waals surface area contributed by atoms with E-state index in [-0.39, 0.29) is 30.3 Å². The first-order valence-corrected chi connectivity index (χ1v) is 6.52. The first-order chi connectivity index (χ1) is 10.6. The summed E-state index contributed by atoms with van der Waals surface area (Å²) in [6, 6.07) is 13.0. The van der Waals surface area contributed by atoms with Crippen molar-refractivity contribution >= 4 is 11.9 Å². The molecule has 2 aromatic carbocycles. The Balaban J connectivity index is 2.03. The molecule has 0 saturated carbocycles. The Hall–Kier alpha value is -3.02. The quantitative estimate of drug-likeness (QED) is 0.652. The Morgan fingerprint density at radius 3 is 2.41 bits per heavy atom. The van der Waals surface area contributed by atoms with Gasteiger partial charge in [0.1, 0.15) is 24.7 Å². The second-order valence-corrected chi connectivity index (χ2v) is 4.36. The van der Waals surface area contributed by atoms with Crippen molar-refractivity contribution in [3.05, 3.63) is 59.7 Å². The molecule has 0 atom stereocenters. The minimum absolute atomic E-state index is 0.0516. The van der Waals surface area contributed by atoms with Gasteiger partial charge in [-0.25, -0.2) is 10.5 Å². The van der Waals surface area contributed by atoms with Crippen molar-refractivity contribution in [1.29, 1.82) is 0 Å². The van der Waals surface area contributed by atoms with E-state index >= 15 is 0 Å². The number of carbonyl (C=O) groups is 2. The minimum Gasteiger partial charge on any atom is -0.507 e. The maximum absolute atomic E-state index is 12.2. The molecule has 22 heavy (non-hydrogen) atoms. The maximum atomic E-state index is 12.2. The molecule has 0 bridgehead atoms. The lowest BCUT2D eigenvalue weighted by molar-refractivity contribution is 0.103. The van der Waals surface area contributed by atoms with Gasteiger partial charge in [-0.3, -0.25) is 4.79 Å². The molecule has 0 heterocycles. The molecular formula is C16H14NO5. The Labute approximate surface area is 127 Å². The van der Waals surface area contributed by atoms with E-state index in [1.807, 2.05) is 0 Å². The summed E-state index contributed by atoms with van der Waals surface area (Å²) in [4.78, 5) is 22.5. The molecule has 0 aliphatic heterocycles. The number of nitrogens with one attached hydrogen (secondary N) is 1. The minimum atomic E-state index is -1.13. The summed E-state index contributed by atoms with van der Waals surface area (Å²) >= 11 is 0. The molecule has 1 amide bonds. The normalized spacial score (nSPS) is 10.0. The summed E-state index contributed by atoms with van der Waals surface area (Å²) < 4.78 is 9.65. The lowest BCUT2D eigenvalue weighted by atomic mass is 10.0. The summed E-state index contributed by atoms with van der Waals surface area (Å²) in [5.41, 5.74) is 7.22. The zero-order valence-corrected chi connectivity index (χ0v) is 11.6. The van der Waals surface area contributed by atoms with Crippen LogP contribution in [-0.4, -0.2) is 30.2 Å². The fourth-order valence-corrected chi connectivity index (χ4v) is 1.83. The average Bonchev–Trinajstić information content (AvgIpc) is 2.52. The molecule has 0 fully saturated rings. The van der Waals surface area contributed by atoms with Gasteiger partial charge in [0.05, 0.1) is 5.56 Å². The molecule has 113 valence electrons. The zero-order valence-electron chi connectivity index (χ0n) is 11.6. The molecule has 2 N–H and O–H groups in total. The Kier molecular flexibility index (Phi) is 4.98. The fourth-order valence-electron chi connectivity index (χ4n) is 1.83. The van der Waals surface area contributed by atoms with Crippen LogP contribution in [0.4, 0.5) is 4.79 Å². The van der Waals surface area contributed by atoms with Gasteiger partial charge in [0, 0.05) is 11.6 Å². The SMILES string of the molecule is [NH]C(=O)OCCOc1ccc(C(=O)c2ccccc2)c(O)c1. The summed E-state index contributed by atoms with van der Waals surface area (Å²) in [5.74, 6) is -0.139. The van der Waals surface area contributed by atoms with Crippen LogP contribution >= 0.6 is 0 Å². The number of rotatable bonds is 6. The number of ether oxygens (including phenoxy) is 2. The van der Waals surface area contributed by atoms with E-state index in [1.165, 1.54) is 12.1 Å². The van der Waals surface area contributed by atoms with Crippen molar-refractivity contribution < 1.29 is 24.2 Å². The molecule has 0 spiro atoms. The van der Waals surface area contributed by atoms with Gasteiger partial charge in [-0.1, -0.05) is 30.3 Å². The van der Waals surface area contributed by atoms with Crippen molar-refractivity contribution in [2.75, 3.05) is 13.2 Å². The number of carbonyl (C=O) groups excluding carboxylic acids is 2. The van der Waals surface area contributed by atoms with Crippen LogP contribution in [0, 0.1) is 0 Å². The smallest absolute Gasteiger partial charge is 0.426 e. The first-order valence-electron chi connectivity index (χ1n) is 6.52. The van der Waals surface area contributed by atoms with Gasteiger partial charge in [-0.15, -0.1) is 0 Å². The highest BCUT2D eigenvalue weighted by molar-refractivity contribution is 6.10. The second kappa shape index (κ2) is 7.12. The summed E-state index contributed by atoms with van der Waals surface area (Å²) in [5, 5.41) is 9.95. The van der Waals surface area contributed by atoms with Crippen molar-refractivity contribution in [3.8, 4) is 11.5 Å². The fraction of sp³-hybridized carbons (Fsp3) is 0.125. The molecule has 1 radical (unpaired) electrons. The van der Waals surface area contributed by atoms with E-state index in [1.54, 1.807) is 36.4 Å². The highest BCUT2D eigenvalue weighted by Gasteiger charge is 2.14. The third-order valence-electron chi connectivity index (χ3n) is 2.84. The Morgan fingerprint density at radius 2 is 1.77 bits per heavy atom. The lowest BCUT2D eigenvalue weighted by Crippen LogP contribution is -2.11. The third-order valence-corrected chi connectivity index (χ3v) is 2.84. The van der Waals surface area contributed by atoms with Gasteiger partial charge in [-0.2, -0.15) is 0 Å². The lowest BCUT2D eigenvalue weighted by Gasteiger charge is -2.09. The number of ketones is 1. The number of aromatic hydroxyl groups is 1. The molecule has 0 aliphatic rings. The van der Waals surface area contributed by atoms with E-state index in [0.29, 0.717) is 11.3 Å². The van der Waals surface area contributed by atoms with Crippen LogP contribution in [0.1, 0.15) is 15.9 Å². The molecule has 0 aliphatic carbocycles. The van der Waals surface area contributed by atoms with E-state index < -0.39 is 6.09 Å². The number of phenolic OH excluding ortho intramolecular Hbond substituents is 1. The Morgan fingerprint density at radius 1 is 1.05 bits per heavy atom. The van der Waals surface area contributed by atoms with Crippen molar-refractivity contribution in [2.24, 2.45) is 0 Å². The molecule has 0 saturated heterocycles. The van der Waals surface area contributed by atoms with Gasteiger partial charge in [-0.05, 0) is 12.1 Å². The van der Waals surface area contributed by atoms with Crippen molar-refractivity contribution in [2.45, 2.75) is 0 Å². The van der Waals surface area contributed by atoms with Crippen molar-refractivity contribution in [3.63, 3.8) is 0 Å². The van der Waals surface area contributed by atoms with Crippen molar-refractivity contribution in [1.82, 2.24) is 5.73 Å². The topological polar surface area (TPSA) is 96.6 Å². The molecule has 2 aromatic rings. The largest absolute Gasteiger partial charge is 0.507 e. The molecule has 6 nitrogen and oxygen atoms in total. The predicted octanol–water partition coefficient (Wildman–Crippen LogP) is 2.42. The van der Waals surface area contributed by atoms with Gasteiger partial charge < -0.3 is 14.6 Å². The molecule has 0 unspecified atom stereocenters. The number of hydrogen-bond acceptors (Lipinski definition) is 5. The van der Waals surface area contributed by atoms with Crippen LogP contribution in [-0.2, 0) is 4.74 Å². The van der Waals surface area contributed by atoms with E-state index in [0.717, 1.165) is 0 Å².